The molecule has 1 aliphatic carbocycles. The van der Waals surface area contributed by atoms with Crippen molar-refractivity contribution in [1.29, 1.82) is 0 Å². The van der Waals surface area contributed by atoms with Crippen molar-refractivity contribution in [2.24, 2.45) is 0 Å². The van der Waals surface area contributed by atoms with Gasteiger partial charge in [0.2, 0.25) is 5.91 Å². The van der Waals surface area contributed by atoms with Gasteiger partial charge in [0.25, 0.3) is 0 Å². The Morgan fingerprint density at radius 1 is 1.30 bits per heavy atom. The summed E-state index contributed by atoms with van der Waals surface area (Å²) in [6.07, 6.45) is 2.62. The maximum atomic E-state index is 11.7. The highest BCUT2D eigenvalue weighted by atomic mass is 16.2. The molecule has 0 aromatic heterocycles. The van der Waals surface area contributed by atoms with Crippen LogP contribution in [0.15, 0.2) is 18.2 Å². The van der Waals surface area contributed by atoms with E-state index in [2.05, 4.69) is 30.4 Å². The zero-order valence-electron chi connectivity index (χ0n) is 12.9. The quantitative estimate of drug-likeness (QED) is 0.859. The summed E-state index contributed by atoms with van der Waals surface area (Å²) in [5.41, 5.74) is 3.71. The first-order valence-electron chi connectivity index (χ1n) is 7.21. The normalized spacial score (nSPS) is 14.2. The van der Waals surface area contributed by atoms with Crippen molar-refractivity contribution in [1.82, 2.24) is 10.2 Å². The van der Waals surface area contributed by atoms with Gasteiger partial charge in [0.1, 0.15) is 0 Å². The van der Waals surface area contributed by atoms with Gasteiger partial charge in [0.15, 0.2) is 0 Å². The number of aryl methyl sites for hydroxylation is 1. The second-order valence-corrected chi connectivity index (χ2v) is 5.91. The molecule has 0 bridgehead atoms. The molecule has 4 nitrogen and oxygen atoms in total. The number of rotatable bonds is 6. The average molecular weight is 275 g/mol. The van der Waals surface area contributed by atoms with Crippen LogP contribution in [0.2, 0.25) is 0 Å². The van der Waals surface area contributed by atoms with E-state index in [4.69, 9.17) is 0 Å². The van der Waals surface area contributed by atoms with Gasteiger partial charge in [-0.15, -0.1) is 0 Å². The predicted octanol–water partition coefficient (Wildman–Crippen LogP) is 1.77. The van der Waals surface area contributed by atoms with Crippen LogP contribution in [0.1, 0.15) is 24.0 Å². The molecular weight excluding hydrogens is 250 g/mol. The molecular formula is C16H25N3O. The second kappa shape index (κ2) is 6.27. The van der Waals surface area contributed by atoms with Crippen LogP contribution in [0, 0.1) is 6.92 Å². The summed E-state index contributed by atoms with van der Waals surface area (Å²) in [5.74, 6) is 0.115. The van der Waals surface area contributed by atoms with Gasteiger partial charge in [-0.2, -0.15) is 0 Å². The largest absolute Gasteiger partial charge is 0.365 e. The van der Waals surface area contributed by atoms with Crippen molar-refractivity contribution in [3.63, 3.8) is 0 Å². The van der Waals surface area contributed by atoms with Gasteiger partial charge in [-0.3, -0.25) is 4.79 Å². The summed E-state index contributed by atoms with van der Waals surface area (Å²) in [6, 6.07) is 7.15. The number of nitrogens with zero attached hydrogens (tertiary/aromatic N) is 2. The molecule has 0 radical (unpaired) electrons. The van der Waals surface area contributed by atoms with E-state index < -0.39 is 0 Å². The summed E-state index contributed by atoms with van der Waals surface area (Å²) in [4.78, 5) is 15.4. The van der Waals surface area contributed by atoms with Gasteiger partial charge in [-0.1, -0.05) is 6.07 Å². The van der Waals surface area contributed by atoms with Crippen LogP contribution in [0.4, 0.5) is 5.69 Å². The Morgan fingerprint density at radius 2 is 2.00 bits per heavy atom. The van der Waals surface area contributed by atoms with E-state index in [9.17, 15) is 4.79 Å². The molecule has 0 aliphatic heterocycles. The first kappa shape index (κ1) is 14.9. The van der Waals surface area contributed by atoms with Gasteiger partial charge in [-0.05, 0) is 43.0 Å². The molecule has 4 heteroatoms. The van der Waals surface area contributed by atoms with Crippen LogP contribution in [-0.2, 0) is 11.3 Å². The lowest BCUT2D eigenvalue weighted by Gasteiger charge is -2.22. The van der Waals surface area contributed by atoms with Crippen molar-refractivity contribution in [3.05, 3.63) is 29.3 Å². The highest BCUT2D eigenvalue weighted by Crippen LogP contribution is 2.22. The molecule has 1 aliphatic rings. The number of anilines is 1. The van der Waals surface area contributed by atoms with E-state index in [1.54, 1.807) is 19.0 Å². The Morgan fingerprint density at radius 3 is 2.55 bits per heavy atom. The molecule has 110 valence electrons. The molecule has 0 unspecified atom stereocenters. The highest BCUT2D eigenvalue weighted by molar-refractivity contribution is 5.80. The third-order valence-electron chi connectivity index (χ3n) is 3.80. The van der Waals surface area contributed by atoms with Crippen molar-refractivity contribution in [3.8, 4) is 0 Å². The van der Waals surface area contributed by atoms with E-state index in [0.717, 1.165) is 18.3 Å². The number of hydrogen-bond acceptors (Lipinski definition) is 3. The van der Waals surface area contributed by atoms with Crippen LogP contribution >= 0.6 is 0 Å². The van der Waals surface area contributed by atoms with Crippen molar-refractivity contribution in [2.75, 3.05) is 32.6 Å². The summed E-state index contributed by atoms with van der Waals surface area (Å²) < 4.78 is 0. The molecule has 1 fully saturated rings. The molecule has 0 saturated heterocycles. The molecule has 1 aromatic carbocycles. The molecule has 0 spiro atoms. The van der Waals surface area contributed by atoms with E-state index in [1.165, 1.54) is 24.0 Å². The number of nitrogens with one attached hydrogen (secondary N) is 1. The van der Waals surface area contributed by atoms with E-state index >= 15 is 0 Å². The molecule has 1 N–H and O–H groups in total. The van der Waals surface area contributed by atoms with Gasteiger partial charge in [-0.25, -0.2) is 0 Å². The topological polar surface area (TPSA) is 35.6 Å². The maximum Gasteiger partial charge on any atom is 0.241 e. The fourth-order valence-corrected chi connectivity index (χ4v) is 2.09. The van der Waals surface area contributed by atoms with Gasteiger partial charge < -0.3 is 15.1 Å². The monoisotopic (exact) mass is 275 g/mol. The zero-order chi connectivity index (χ0) is 14.7. The van der Waals surface area contributed by atoms with Crippen molar-refractivity contribution >= 4 is 11.6 Å². The molecule has 1 saturated carbocycles. The predicted molar refractivity (Wildman–Crippen MR) is 83.0 cm³/mol. The number of likely N-dealkylation sites (N-methyl/N-ethyl adjacent to an activating group) is 2. The van der Waals surface area contributed by atoms with Crippen LogP contribution in [0.5, 0.6) is 0 Å². The smallest absolute Gasteiger partial charge is 0.241 e. The number of benzene rings is 1. The summed E-state index contributed by atoms with van der Waals surface area (Å²) in [7, 11) is 5.53. The maximum absolute atomic E-state index is 11.7. The highest BCUT2D eigenvalue weighted by Gasteiger charge is 2.20. The number of carbonyl (C=O) groups is 1. The first-order valence-corrected chi connectivity index (χ1v) is 7.21. The van der Waals surface area contributed by atoms with Crippen LogP contribution in [0.25, 0.3) is 0 Å². The first-order chi connectivity index (χ1) is 9.47. The lowest BCUT2D eigenvalue weighted by Crippen LogP contribution is -2.34. The summed E-state index contributed by atoms with van der Waals surface area (Å²) in [5, 5.41) is 3.54. The van der Waals surface area contributed by atoms with E-state index in [-0.39, 0.29) is 5.91 Å². The molecule has 1 amide bonds. The van der Waals surface area contributed by atoms with Crippen LogP contribution in [0.3, 0.4) is 0 Å². The Hall–Kier alpha value is -1.55. The Bertz CT molecular complexity index is 481. The minimum absolute atomic E-state index is 0.115. The van der Waals surface area contributed by atoms with E-state index in [0.29, 0.717) is 6.54 Å². The van der Waals surface area contributed by atoms with Crippen molar-refractivity contribution in [2.45, 2.75) is 32.4 Å². The van der Waals surface area contributed by atoms with Gasteiger partial charge >= 0.3 is 0 Å². The zero-order valence-corrected chi connectivity index (χ0v) is 12.9. The SMILES string of the molecule is Cc1cc(N(C)CC(=O)N(C)C)ccc1CNC1CC1. The second-order valence-electron chi connectivity index (χ2n) is 5.91. The molecule has 0 heterocycles. The minimum Gasteiger partial charge on any atom is -0.365 e. The standard InChI is InChI=1S/C16H25N3O/c1-12-9-15(19(4)11-16(20)18(2)3)8-5-13(12)10-17-14-6-7-14/h5,8-9,14,17H,6-7,10-11H2,1-4H3. The van der Waals surface area contributed by atoms with Crippen molar-refractivity contribution < 1.29 is 4.79 Å². The van der Waals surface area contributed by atoms with Gasteiger partial charge in [0.05, 0.1) is 6.54 Å². The third kappa shape index (κ3) is 3.97. The average Bonchev–Trinajstić information content (AvgIpc) is 3.21. The molecule has 2 rings (SSSR count). The Labute approximate surface area is 121 Å². The fourth-order valence-electron chi connectivity index (χ4n) is 2.09. The van der Waals surface area contributed by atoms with E-state index in [1.807, 2.05) is 11.9 Å². The molecule has 20 heavy (non-hydrogen) atoms. The van der Waals surface area contributed by atoms with Crippen LogP contribution < -0.4 is 10.2 Å². The third-order valence-corrected chi connectivity index (χ3v) is 3.80. The Balaban J connectivity index is 1.97. The summed E-state index contributed by atoms with van der Waals surface area (Å²) >= 11 is 0. The number of amides is 1. The Kier molecular flexibility index (Phi) is 4.65. The van der Waals surface area contributed by atoms with Gasteiger partial charge in [0, 0.05) is 39.4 Å². The molecule has 0 atom stereocenters. The molecule has 1 aromatic rings. The lowest BCUT2D eigenvalue weighted by atomic mass is 10.1. The lowest BCUT2D eigenvalue weighted by molar-refractivity contribution is -0.127. The number of hydrogen-bond donors (Lipinski definition) is 1. The number of carbonyl (C=O) groups excluding carboxylic acids is 1. The van der Waals surface area contributed by atoms with Crippen LogP contribution in [-0.4, -0.2) is 44.5 Å². The fraction of sp³-hybridized carbons (Fsp3) is 0.562. The minimum atomic E-state index is 0.115. The summed E-state index contributed by atoms with van der Waals surface area (Å²) in [6.45, 7) is 3.48.